The van der Waals surface area contributed by atoms with Crippen molar-refractivity contribution >= 4 is 18.0 Å². The first-order valence-electron chi connectivity index (χ1n) is 7.70. The number of nitrogens with zero attached hydrogens (tertiary/aromatic N) is 1. The molecule has 1 aromatic heterocycles. The third kappa shape index (κ3) is 6.46. The van der Waals surface area contributed by atoms with E-state index in [4.69, 9.17) is 19.9 Å². The number of nitrogens with one attached hydrogen (secondary N) is 1. The minimum absolute atomic E-state index is 0.108. The summed E-state index contributed by atoms with van der Waals surface area (Å²) >= 11 is 0. The molecule has 0 aliphatic heterocycles. The topological polar surface area (TPSA) is 122 Å². The molecule has 0 atom stereocenters. The lowest BCUT2D eigenvalue weighted by Gasteiger charge is -2.19. The summed E-state index contributed by atoms with van der Waals surface area (Å²) in [4.78, 5) is 35.4. The van der Waals surface area contributed by atoms with E-state index in [9.17, 15) is 14.4 Å². The van der Waals surface area contributed by atoms with Crippen molar-refractivity contribution in [3.8, 4) is 0 Å². The first kappa shape index (κ1) is 20.5. The van der Waals surface area contributed by atoms with E-state index < -0.39 is 23.6 Å². The lowest BCUT2D eigenvalue weighted by Crippen LogP contribution is -2.31. The van der Waals surface area contributed by atoms with Crippen molar-refractivity contribution in [3.05, 3.63) is 23.0 Å². The lowest BCUT2D eigenvalue weighted by molar-refractivity contribution is -0.144. The highest BCUT2D eigenvalue weighted by molar-refractivity contribution is 5.92. The molecule has 0 bridgehead atoms. The van der Waals surface area contributed by atoms with Gasteiger partial charge in [0.25, 0.3) is 0 Å². The minimum atomic E-state index is -0.830. The van der Waals surface area contributed by atoms with E-state index in [-0.39, 0.29) is 25.2 Å². The van der Waals surface area contributed by atoms with Crippen molar-refractivity contribution in [2.75, 3.05) is 25.7 Å². The zero-order valence-electron chi connectivity index (χ0n) is 15.2. The molecule has 1 rings (SSSR count). The maximum Gasteiger partial charge on any atom is 0.340 e. The van der Waals surface area contributed by atoms with Gasteiger partial charge in [0.05, 0.1) is 30.0 Å². The summed E-state index contributed by atoms with van der Waals surface area (Å²) < 4.78 is 16.4. The Hall–Kier alpha value is -2.55. The molecule has 25 heavy (non-hydrogen) atoms. The highest BCUT2D eigenvalue weighted by Gasteiger charge is 2.24. The molecule has 140 valence electrons. The molecule has 0 aliphatic carbocycles. The SMILES string of the molecule is COCCOC(=O)Cc1cc(C(=O)OC(C)(C)C)c(C)n1NC(N)=O. The highest BCUT2D eigenvalue weighted by atomic mass is 16.6. The number of carbonyl (C=O) groups is 3. The molecule has 1 aromatic rings. The van der Waals surface area contributed by atoms with Crippen molar-refractivity contribution < 1.29 is 28.6 Å². The number of aromatic nitrogens is 1. The van der Waals surface area contributed by atoms with Gasteiger partial charge in [0.15, 0.2) is 0 Å². The van der Waals surface area contributed by atoms with E-state index in [1.165, 1.54) is 17.9 Å². The highest BCUT2D eigenvalue weighted by Crippen LogP contribution is 2.19. The van der Waals surface area contributed by atoms with Gasteiger partial charge in [0.1, 0.15) is 12.2 Å². The average molecular weight is 355 g/mol. The van der Waals surface area contributed by atoms with Crippen LogP contribution in [0.15, 0.2) is 6.07 Å². The standard InChI is InChI=1S/C16H25N3O6/c1-10-12(14(21)25-16(2,3)4)8-11(19(10)18-15(17)22)9-13(20)24-7-6-23-5/h8H,6-7,9H2,1-5H3,(H3,17,18,22). The predicted octanol–water partition coefficient (Wildman–Crippen LogP) is 1.11. The number of primary amides is 1. The van der Waals surface area contributed by atoms with Crippen LogP contribution in [-0.4, -0.2) is 48.6 Å². The van der Waals surface area contributed by atoms with Gasteiger partial charge in [-0.25, -0.2) is 15.0 Å². The van der Waals surface area contributed by atoms with Crippen molar-refractivity contribution in [3.63, 3.8) is 0 Å². The van der Waals surface area contributed by atoms with Crippen LogP contribution >= 0.6 is 0 Å². The number of methoxy groups -OCH3 is 1. The second-order valence-corrected chi connectivity index (χ2v) is 6.34. The van der Waals surface area contributed by atoms with Gasteiger partial charge in [-0.2, -0.15) is 0 Å². The Labute approximate surface area is 146 Å². The molecule has 0 aliphatic rings. The summed E-state index contributed by atoms with van der Waals surface area (Å²) in [7, 11) is 1.49. The molecule has 2 amide bonds. The molecule has 0 saturated heterocycles. The largest absolute Gasteiger partial charge is 0.463 e. The van der Waals surface area contributed by atoms with Crippen molar-refractivity contribution in [2.45, 2.75) is 39.7 Å². The smallest absolute Gasteiger partial charge is 0.340 e. The number of hydrogen-bond donors (Lipinski definition) is 2. The van der Waals surface area contributed by atoms with Crippen LogP contribution in [0, 0.1) is 6.92 Å². The monoisotopic (exact) mass is 355 g/mol. The van der Waals surface area contributed by atoms with Crippen LogP contribution in [0.4, 0.5) is 4.79 Å². The van der Waals surface area contributed by atoms with Gasteiger partial charge in [0.2, 0.25) is 0 Å². The Kier molecular flexibility index (Phi) is 6.98. The van der Waals surface area contributed by atoms with Gasteiger partial charge in [-0.3, -0.25) is 9.47 Å². The number of esters is 2. The van der Waals surface area contributed by atoms with Crippen molar-refractivity contribution in [1.29, 1.82) is 0 Å². The van der Waals surface area contributed by atoms with Crippen LogP contribution in [0.3, 0.4) is 0 Å². The Morgan fingerprint density at radius 1 is 1.24 bits per heavy atom. The van der Waals surface area contributed by atoms with Crippen molar-refractivity contribution in [2.24, 2.45) is 5.73 Å². The zero-order valence-corrected chi connectivity index (χ0v) is 15.2. The average Bonchev–Trinajstić information content (AvgIpc) is 2.74. The quantitative estimate of drug-likeness (QED) is 0.558. The summed E-state index contributed by atoms with van der Waals surface area (Å²) in [6.07, 6.45) is -0.159. The Balaban J connectivity index is 3.06. The molecule has 0 radical (unpaired) electrons. The van der Waals surface area contributed by atoms with Gasteiger partial charge in [-0.15, -0.1) is 0 Å². The van der Waals surface area contributed by atoms with E-state index in [2.05, 4.69) is 5.43 Å². The molecule has 3 N–H and O–H groups in total. The summed E-state index contributed by atoms with van der Waals surface area (Å²) in [5, 5.41) is 0. The summed E-state index contributed by atoms with van der Waals surface area (Å²) in [6, 6.07) is 0.639. The van der Waals surface area contributed by atoms with E-state index in [1.807, 2.05) is 0 Å². The Bertz CT molecular complexity index is 645. The number of urea groups is 1. The molecule has 0 aromatic carbocycles. The van der Waals surface area contributed by atoms with Crippen LogP contribution < -0.4 is 11.2 Å². The first-order valence-corrected chi connectivity index (χ1v) is 7.70. The maximum absolute atomic E-state index is 12.3. The van der Waals surface area contributed by atoms with Gasteiger partial charge < -0.3 is 19.9 Å². The molecular weight excluding hydrogens is 330 g/mol. The van der Waals surface area contributed by atoms with Crippen LogP contribution in [0.5, 0.6) is 0 Å². The molecule has 0 unspecified atom stereocenters. The second kappa shape index (κ2) is 8.52. The number of hydrogen-bond acceptors (Lipinski definition) is 6. The molecule has 1 heterocycles. The van der Waals surface area contributed by atoms with E-state index in [0.29, 0.717) is 11.4 Å². The number of rotatable bonds is 7. The first-order chi connectivity index (χ1) is 11.5. The Morgan fingerprint density at radius 2 is 1.88 bits per heavy atom. The summed E-state index contributed by atoms with van der Waals surface area (Å²) in [5.74, 6) is -1.10. The van der Waals surface area contributed by atoms with E-state index >= 15 is 0 Å². The zero-order chi connectivity index (χ0) is 19.2. The third-order valence-electron chi connectivity index (χ3n) is 3.04. The molecule has 0 fully saturated rings. The Morgan fingerprint density at radius 3 is 2.40 bits per heavy atom. The number of nitrogens with two attached hydrogens (primary N) is 1. The fourth-order valence-corrected chi connectivity index (χ4v) is 2.04. The van der Waals surface area contributed by atoms with Gasteiger partial charge >= 0.3 is 18.0 Å². The molecule has 9 heteroatoms. The summed E-state index contributed by atoms with van der Waals surface area (Å²) in [6.45, 7) is 7.22. The fourth-order valence-electron chi connectivity index (χ4n) is 2.04. The third-order valence-corrected chi connectivity index (χ3v) is 3.04. The lowest BCUT2D eigenvalue weighted by atomic mass is 10.2. The van der Waals surface area contributed by atoms with E-state index in [1.54, 1.807) is 27.7 Å². The second-order valence-electron chi connectivity index (χ2n) is 6.34. The molecular formula is C16H25N3O6. The predicted molar refractivity (Wildman–Crippen MR) is 89.8 cm³/mol. The van der Waals surface area contributed by atoms with E-state index in [0.717, 1.165) is 0 Å². The fraction of sp³-hybridized carbons (Fsp3) is 0.562. The van der Waals surface area contributed by atoms with Crippen LogP contribution in [-0.2, 0) is 25.4 Å². The van der Waals surface area contributed by atoms with Crippen molar-refractivity contribution in [1.82, 2.24) is 4.68 Å². The van der Waals surface area contributed by atoms with Crippen LogP contribution in [0.25, 0.3) is 0 Å². The van der Waals surface area contributed by atoms with Gasteiger partial charge in [0, 0.05) is 7.11 Å². The number of amides is 2. The van der Waals surface area contributed by atoms with Gasteiger partial charge in [-0.05, 0) is 33.8 Å². The number of carbonyl (C=O) groups excluding carboxylic acids is 3. The summed E-state index contributed by atoms with van der Waals surface area (Å²) in [5.41, 5.74) is 7.82. The van der Waals surface area contributed by atoms with Crippen LogP contribution in [0.1, 0.15) is 42.5 Å². The maximum atomic E-state index is 12.3. The molecule has 0 saturated carbocycles. The molecule has 0 spiro atoms. The minimum Gasteiger partial charge on any atom is -0.463 e. The number of ether oxygens (including phenoxy) is 3. The molecule has 9 nitrogen and oxygen atoms in total. The van der Waals surface area contributed by atoms with Gasteiger partial charge in [-0.1, -0.05) is 0 Å². The normalized spacial score (nSPS) is 11.1. The van der Waals surface area contributed by atoms with Crippen LogP contribution in [0.2, 0.25) is 0 Å².